The van der Waals surface area contributed by atoms with Crippen molar-refractivity contribution in [3.8, 4) is 0 Å². The molecular weight excluding hydrogens is 250 g/mol. The van der Waals surface area contributed by atoms with Crippen LogP contribution in [-0.2, 0) is 19.9 Å². The van der Waals surface area contributed by atoms with Gasteiger partial charge in [-0.15, -0.1) is 0 Å². The second kappa shape index (κ2) is 5.50. The van der Waals surface area contributed by atoms with Crippen molar-refractivity contribution in [2.24, 2.45) is 7.05 Å². The Morgan fingerprint density at radius 1 is 1.33 bits per heavy atom. The Bertz CT molecular complexity index is 525. The molecule has 0 saturated heterocycles. The molecule has 96 valence electrons. The average molecular weight is 266 g/mol. The van der Waals surface area contributed by atoms with Crippen molar-refractivity contribution in [1.29, 1.82) is 0 Å². The summed E-state index contributed by atoms with van der Waals surface area (Å²) in [7, 11) is 1.80. The fourth-order valence-electron chi connectivity index (χ4n) is 2.00. The number of aryl methyl sites for hydroxylation is 2. The van der Waals surface area contributed by atoms with E-state index in [1.165, 1.54) is 0 Å². The van der Waals surface area contributed by atoms with Crippen molar-refractivity contribution in [3.05, 3.63) is 46.5 Å². The maximum absolute atomic E-state index is 10.1. The van der Waals surface area contributed by atoms with E-state index in [-0.39, 0.29) is 0 Å². The molecule has 0 fully saturated rings. The van der Waals surface area contributed by atoms with Gasteiger partial charge in [-0.05, 0) is 31.0 Å². The van der Waals surface area contributed by atoms with E-state index in [1.54, 1.807) is 24.1 Å². The second-order valence-corrected chi connectivity index (χ2v) is 4.75. The molecule has 5 heteroatoms. The van der Waals surface area contributed by atoms with Crippen LogP contribution in [0.25, 0.3) is 0 Å². The molecule has 0 bridgehead atoms. The molecule has 1 atom stereocenters. The molecule has 1 unspecified atom stereocenters. The van der Waals surface area contributed by atoms with Crippen LogP contribution in [0.4, 0.5) is 0 Å². The van der Waals surface area contributed by atoms with Crippen molar-refractivity contribution in [2.45, 2.75) is 25.9 Å². The SMILES string of the molecule is Cc1nn(C)c(Cl)c1CC(O)Cc1ccncc1. The van der Waals surface area contributed by atoms with Crippen LogP contribution in [0.15, 0.2) is 24.5 Å². The topological polar surface area (TPSA) is 50.9 Å². The molecule has 1 N–H and O–H groups in total. The Morgan fingerprint density at radius 3 is 2.56 bits per heavy atom. The van der Waals surface area contributed by atoms with Gasteiger partial charge in [0, 0.05) is 31.4 Å². The van der Waals surface area contributed by atoms with Crippen LogP contribution in [0.5, 0.6) is 0 Å². The van der Waals surface area contributed by atoms with Gasteiger partial charge in [0.25, 0.3) is 0 Å². The normalized spacial score (nSPS) is 12.7. The molecule has 0 aliphatic rings. The predicted octanol–water partition coefficient (Wildman–Crippen LogP) is 1.92. The maximum atomic E-state index is 10.1. The minimum atomic E-state index is -0.465. The molecule has 2 aromatic heterocycles. The van der Waals surface area contributed by atoms with E-state index in [0.29, 0.717) is 18.0 Å². The summed E-state index contributed by atoms with van der Waals surface area (Å²) in [6.45, 7) is 1.90. The molecule has 0 aliphatic heterocycles. The Labute approximate surface area is 111 Å². The van der Waals surface area contributed by atoms with Gasteiger partial charge in [-0.1, -0.05) is 11.6 Å². The van der Waals surface area contributed by atoms with E-state index in [1.807, 2.05) is 19.1 Å². The molecule has 0 radical (unpaired) electrons. The number of pyridine rings is 1. The van der Waals surface area contributed by atoms with Crippen LogP contribution >= 0.6 is 11.6 Å². The van der Waals surface area contributed by atoms with Crippen LogP contribution in [0.3, 0.4) is 0 Å². The monoisotopic (exact) mass is 265 g/mol. The van der Waals surface area contributed by atoms with Gasteiger partial charge in [0.2, 0.25) is 0 Å². The largest absolute Gasteiger partial charge is 0.392 e. The Hall–Kier alpha value is -1.39. The predicted molar refractivity (Wildman–Crippen MR) is 70.6 cm³/mol. The van der Waals surface area contributed by atoms with Gasteiger partial charge < -0.3 is 5.11 Å². The maximum Gasteiger partial charge on any atom is 0.130 e. The first kappa shape index (κ1) is 13.1. The molecule has 0 aliphatic carbocycles. The molecular formula is C13H16ClN3O. The zero-order valence-electron chi connectivity index (χ0n) is 10.5. The number of hydrogen-bond donors (Lipinski definition) is 1. The van der Waals surface area contributed by atoms with E-state index in [9.17, 15) is 5.11 Å². The number of aromatic nitrogens is 3. The summed E-state index contributed by atoms with van der Waals surface area (Å²) in [5.74, 6) is 0. The van der Waals surface area contributed by atoms with Gasteiger partial charge >= 0.3 is 0 Å². The van der Waals surface area contributed by atoms with Crippen molar-refractivity contribution in [2.75, 3.05) is 0 Å². The smallest absolute Gasteiger partial charge is 0.130 e. The summed E-state index contributed by atoms with van der Waals surface area (Å²) in [5.41, 5.74) is 2.85. The minimum absolute atomic E-state index is 0.465. The van der Waals surface area contributed by atoms with E-state index in [2.05, 4.69) is 10.1 Å². The van der Waals surface area contributed by atoms with Gasteiger partial charge in [-0.25, -0.2) is 0 Å². The third kappa shape index (κ3) is 2.89. The number of nitrogens with zero attached hydrogens (tertiary/aromatic N) is 3. The van der Waals surface area contributed by atoms with Crippen molar-refractivity contribution >= 4 is 11.6 Å². The molecule has 0 saturated carbocycles. The number of aliphatic hydroxyl groups excluding tert-OH is 1. The molecule has 2 heterocycles. The second-order valence-electron chi connectivity index (χ2n) is 4.40. The van der Waals surface area contributed by atoms with Gasteiger partial charge in [-0.2, -0.15) is 5.10 Å². The van der Waals surface area contributed by atoms with Gasteiger partial charge in [0.05, 0.1) is 11.8 Å². The summed E-state index contributed by atoms with van der Waals surface area (Å²) in [4.78, 5) is 3.95. The first-order valence-electron chi connectivity index (χ1n) is 5.83. The van der Waals surface area contributed by atoms with E-state index in [0.717, 1.165) is 16.8 Å². The Balaban J connectivity index is 2.05. The lowest BCUT2D eigenvalue weighted by molar-refractivity contribution is 0.175. The molecule has 2 aromatic rings. The van der Waals surface area contributed by atoms with Crippen LogP contribution in [0, 0.1) is 6.92 Å². The van der Waals surface area contributed by atoms with Crippen molar-refractivity contribution < 1.29 is 5.11 Å². The first-order valence-corrected chi connectivity index (χ1v) is 6.20. The van der Waals surface area contributed by atoms with E-state index < -0.39 is 6.10 Å². The lowest BCUT2D eigenvalue weighted by atomic mass is 10.0. The summed E-state index contributed by atoms with van der Waals surface area (Å²) >= 11 is 6.14. The van der Waals surface area contributed by atoms with Crippen molar-refractivity contribution in [3.63, 3.8) is 0 Å². The van der Waals surface area contributed by atoms with Crippen LogP contribution in [0.2, 0.25) is 5.15 Å². The fourth-order valence-corrected chi connectivity index (χ4v) is 2.26. The van der Waals surface area contributed by atoms with E-state index >= 15 is 0 Å². The average Bonchev–Trinajstić information content (AvgIpc) is 2.57. The van der Waals surface area contributed by atoms with Crippen LogP contribution < -0.4 is 0 Å². The van der Waals surface area contributed by atoms with Gasteiger partial charge in [-0.3, -0.25) is 9.67 Å². The van der Waals surface area contributed by atoms with Crippen molar-refractivity contribution in [1.82, 2.24) is 14.8 Å². The molecule has 2 rings (SSSR count). The lowest BCUT2D eigenvalue weighted by Crippen LogP contribution is -2.14. The highest BCUT2D eigenvalue weighted by atomic mass is 35.5. The molecule has 0 amide bonds. The highest BCUT2D eigenvalue weighted by Gasteiger charge is 2.15. The van der Waals surface area contributed by atoms with Gasteiger partial charge in [0.1, 0.15) is 5.15 Å². The summed E-state index contributed by atoms with van der Waals surface area (Å²) in [5, 5.41) is 14.9. The number of rotatable bonds is 4. The zero-order chi connectivity index (χ0) is 13.1. The van der Waals surface area contributed by atoms with E-state index in [4.69, 9.17) is 11.6 Å². The standard InChI is InChI=1S/C13H16ClN3O/c1-9-12(13(14)17(2)16-9)8-11(18)7-10-3-5-15-6-4-10/h3-6,11,18H,7-8H2,1-2H3. The van der Waals surface area contributed by atoms with Crippen LogP contribution in [0.1, 0.15) is 16.8 Å². The molecule has 4 nitrogen and oxygen atoms in total. The number of halogens is 1. The van der Waals surface area contributed by atoms with Gasteiger partial charge in [0.15, 0.2) is 0 Å². The number of aliphatic hydroxyl groups is 1. The first-order chi connectivity index (χ1) is 8.58. The highest BCUT2D eigenvalue weighted by molar-refractivity contribution is 6.30. The molecule has 0 aromatic carbocycles. The Morgan fingerprint density at radius 2 is 2.00 bits per heavy atom. The van der Waals surface area contributed by atoms with Crippen LogP contribution in [-0.4, -0.2) is 26.0 Å². The molecule has 0 spiro atoms. The highest BCUT2D eigenvalue weighted by Crippen LogP contribution is 2.21. The zero-order valence-corrected chi connectivity index (χ0v) is 11.2. The Kier molecular flexibility index (Phi) is 3.99. The summed E-state index contributed by atoms with van der Waals surface area (Å²) in [6, 6.07) is 3.81. The third-order valence-corrected chi connectivity index (χ3v) is 3.40. The summed E-state index contributed by atoms with van der Waals surface area (Å²) in [6.07, 6.45) is 4.09. The third-order valence-electron chi connectivity index (χ3n) is 2.93. The molecule has 18 heavy (non-hydrogen) atoms. The number of hydrogen-bond acceptors (Lipinski definition) is 3. The fraction of sp³-hybridized carbons (Fsp3) is 0.385. The minimum Gasteiger partial charge on any atom is -0.392 e. The quantitative estimate of drug-likeness (QED) is 0.919. The lowest BCUT2D eigenvalue weighted by Gasteiger charge is -2.10. The summed E-state index contributed by atoms with van der Waals surface area (Å²) < 4.78 is 1.63.